The SMILES string of the molecule is N#Cc1ccc(N2CCCC(O)C2)c2ccccc12.[NaH]. The summed E-state index contributed by atoms with van der Waals surface area (Å²) in [5.41, 5.74) is 1.82. The van der Waals surface area contributed by atoms with E-state index in [9.17, 15) is 10.4 Å². The summed E-state index contributed by atoms with van der Waals surface area (Å²) in [4.78, 5) is 2.22. The number of benzene rings is 2. The molecule has 1 saturated heterocycles. The standard InChI is InChI=1S/C16H16N2O.Na.H/c17-10-12-7-8-16(15-6-2-1-5-14(12)15)18-9-3-4-13(19)11-18;;/h1-2,5-8,13,19H,3-4,9,11H2;;. The van der Waals surface area contributed by atoms with Crippen molar-refractivity contribution in [2.24, 2.45) is 0 Å². The quantitative estimate of drug-likeness (QED) is 0.811. The van der Waals surface area contributed by atoms with Gasteiger partial charge in [0.2, 0.25) is 0 Å². The Morgan fingerprint density at radius 2 is 1.90 bits per heavy atom. The second-order valence-electron chi connectivity index (χ2n) is 5.03. The first-order chi connectivity index (χ1) is 9.29. The average Bonchev–Trinajstić information content (AvgIpc) is 2.46. The first-order valence-corrected chi connectivity index (χ1v) is 6.64. The van der Waals surface area contributed by atoms with Crippen molar-refractivity contribution in [2.75, 3.05) is 18.0 Å². The van der Waals surface area contributed by atoms with E-state index >= 15 is 0 Å². The molecule has 0 amide bonds. The first kappa shape index (κ1) is 15.3. The number of anilines is 1. The van der Waals surface area contributed by atoms with Gasteiger partial charge in [0.15, 0.2) is 0 Å². The molecule has 3 rings (SSSR count). The van der Waals surface area contributed by atoms with Crippen molar-refractivity contribution in [3.05, 3.63) is 42.0 Å². The van der Waals surface area contributed by atoms with Crippen LogP contribution in [-0.2, 0) is 0 Å². The molecule has 0 aromatic heterocycles. The number of hydrogen-bond acceptors (Lipinski definition) is 3. The van der Waals surface area contributed by atoms with E-state index in [-0.39, 0.29) is 35.7 Å². The van der Waals surface area contributed by atoms with Crippen LogP contribution in [0.3, 0.4) is 0 Å². The Kier molecular flexibility index (Phi) is 5.06. The third-order valence-electron chi connectivity index (χ3n) is 3.76. The van der Waals surface area contributed by atoms with Gasteiger partial charge in [-0.05, 0) is 25.0 Å². The molecule has 1 N–H and O–H groups in total. The van der Waals surface area contributed by atoms with Crippen LogP contribution in [0.5, 0.6) is 0 Å². The van der Waals surface area contributed by atoms with Gasteiger partial charge in [0.1, 0.15) is 0 Å². The maximum atomic E-state index is 9.82. The third kappa shape index (κ3) is 2.84. The fourth-order valence-corrected chi connectivity index (χ4v) is 2.83. The Balaban J connectivity index is 0.00000147. The summed E-state index contributed by atoms with van der Waals surface area (Å²) in [6.45, 7) is 1.64. The fourth-order valence-electron chi connectivity index (χ4n) is 2.83. The van der Waals surface area contributed by atoms with Crippen LogP contribution in [0.4, 0.5) is 5.69 Å². The zero-order valence-corrected chi connectivity index (χ0v) is 10.7. The Bertz CT molecular complexity index is 650. The van der Waals surface area contributed by atoms with Gasteiger partial charge < -0.3 is 10.0 Å². The number of piperidine rings is 1. The molecular formula is C16H17N2NaO. The molecule has 1 heterocycles. The van der Waals surface area contributed by atoms with Gasteiger partial charge in [0.25, 0.3) is 0 Å². The van der Waals surface area contributed by atoms with Crippen LogP contribution in [0.25, 0.3) is 10.8 Å². The van der Waals surface area contributed by atoms with E-state index in [2.05, 4.69) is 11.0 Å². The molecule has 2 aromatic rings. The zero-order valence-electron chi connectivity index (χ0n) is 10.7. The van der Waals surface area contributed by atoms with Gasteiger partial charge in [-0.3, -0.25) is 0 Å². The Morgan fingerprint density at radius 1 is 1.15 bits per heavy atom. The number of β-amino-alcohol motifs (C(OH)–C–C–N with tert-alkyl or cyclic N) is 1. The average molecular weight is 276 g/mol. The molecule has 0 radical (unpaired) electrons. The predicted molar refractivity (Wildman–Crippen MR) is 83.3 cm³/mol. The van der Waals surface area contributed by atoms with Crippen molar-refractivity contribution in [1.82, 2.24) is 0 Å². The van der Waals surface area contributed by atoms with Crippen molar-refractivity contribution in [3.8, 4) is 6.07 Å². The number of aliphatic hydroxyl groups is 1. The van der Waals surface area contributed by atoms with Crippen molar-refractivity contribution in [3.63, 3.8) is 0 Å². The van der Waals surface area contributed by atoms with Gasteiger partial charge in [-0.2, -0.15) is 5.26 Å². The van der Waals surface area contributed by atoms with Crippen LogP contribution in [-0.4, -0.2) is 53.9 Å². The van der Waals surface area contributed by atoms with Crippen molar-refractivity contribution in [2.45, 2.75) is 18.9 Å². The number of nitrogens with zero attached hydrogens (tertiary/aromatic N) is 2. The summed E-state index contributed by atoms with van der Waals surface area (Å²) in [7, 11) is 0. The summed E-state index contributed by atoms with van der Waals surface area (Å²) in [6, 6.07) is 14.1. The molecular weight excluding hydrogens is 259 g/mol. The molecule has 98 valence electrons. The van der Waals surface area contributed by atoms with Crippen LogP contribution in [0.1, 0.15) is 18.4 Å². The maximum absolute atomic E-state index is 9.82. The molecule has 0 saturated carbocycles. The summed E-state index contributed by atoms with van der Waals surface area (Å²) < 4.78 is 0. The Hall–Kier alpha value is -1.05. The van der Waals surface area contributed by atoms with Crippen LogP contribution >= 0.6 is 0 Å². The molecule has 3 nitrogen and oxygen atoms in total. The fraction of sp³-hybridized carbons (Fsp3) is 0.312. The molecule has 0 spiro atoms. The summed E-state index contributed by atoms with van der Waals surface area (Å²) in [5.74, 6) is 0. The van der Waals surface area contributed by atoms with E-state index in [1.54, 1.807) is 0 Å². The topological polar surface area (TPSA) is 47.3 Å². The molecule has 0 bridgehead atoms. The zero-order chi connectivity index (χ0) is 13.2. The monoisotopic (exact) mass is 276 g/mol. The molecule has 20 heavy (non-hydrogen) atoms. The van der Waals surface area contributed by atoms with Gasteiger partial charge in [-0.25, -0.2) is 0 Å². The van der Waals surface area contributed by atoms with Crippen LogP contribution in [0.15, 0.2) is 36.4 Å². The van der Waals surface area contributed by atoms with Crippen LogP contribution in [0.2, 0.25) is 0 Å². The van der Waals surface area contributed by atoms with Gasteiger partial charge in [0, 0.05) is 29.5 Å². The number of nitriles is 1. The van der Waals surface area contributed by atoms with Gasteiger partial charge in [0.05, 0.1) is 17.7 Å². The number of hydrogen-bond donors (Lipinski definition) is 1. The number of aliphatic hydroxyl groups excluding tert-OH is 1. The van der Waals surface area contributed by atoms with Crippen molar-refractivity contribution in [1.29, 1.82) is 5.26 Å². The molecule has 1 atom stereocenters. The minimum absolute atomic E-state index is 0. The first-order valence-electron chi connectivity index (χ1n) is 6.64. The Morgan fingerprint density at radius 3 is 2.60 bits per heavy atom. The normalized spacial score (nSPS) is 18.4. The minimum atomic E-state index is -0.247. The van der Waals surface area contributed by atoms with E-state index in [1.807, 2.05) is 36.4 Å². The molecule has 2 aromatic carbocycles. The van der Waals surface area contributed by atoms with E-state index in [1.165, 1.54) is 0 Å². The van der Waals surface area contributed by atoms with Crippen molar-refractivity contribution < 1.29 is 5.11 Å². The second kappa shape index (κ2) is 6.60. The molecule has 4 heteroatoms. The van der Waals surface area contributed by atoms with Crippen LogP contribution in [0, 0.1) is 11.3 Å². The number of fused-ring (bicyclic) bond motifs is 1. The molecule has 0 aliphatic carbocycles. The van der Waals surface area contributed by atoms with Gasteiger partial charge in [-0.1, -0.05) is 24.3 Å². The number of rotatable bonds is 1. The van der Waals surface area contributed by atoms with E-state index in [0.717, 1.165) is 35.8 Å². The van der Waals surface area contributed by atoms with E-state index in [4.69, 9.17) is 0 Å². The van der Waals surface area contributed by atoms with Gasteiger partial charge in [-0.15, -0.1) is 0 Å². The summed E-state index contributed by atoms with van der Waals surface area (Å²) in [5, 5.41) is 21.1. The van der Waals surface area contributed by atoms with E-state index < -0.39 is 0 Å². The van der Waals surface area contributed by atoms with Crippen molar-refractivity contribution >= 4 is 46.0 Å². The summed E-state index contributed by atoms with van der Waals surface area (Å²) >= 11 is 0. The Labute approximate surface area is 141 Å². The van der Waals surface area contributed by atoms with E-state index in [0.29, 0.717) is 12.1 Å². The molecule has 1 aliphatic heterocycles. The summed E-state index contributed by atoms with van der Waals surface area (Å²) in [6.07, 6.45) is 1.64. The predicted octanol–water partition coefficient (Wildman–Crippen LogP) is 2.02. The van der Waals surface area contributed by atoms with Crippen LogP contribution < -0.4 is 4.90 Å². The second-order valence-corrected chi connectivity index (χ2v) is 5.03. The molecule has 1 unspecified atom stereocenters. The third-order valence-corrected chi connectivity index (χ3v) is 3.76. The van der Waals surface area contributed by atoms with Gasteiger partial charge >= 0.3 is 29.6 Å². The molecule has 1 aliphatic rings. The molecule has 1 fully saturated rings.